The van der Waals surface area contributed by atoms with Crippen LogP contribution in [-0.2, 0) is 0 Å². The van der Waals surface area contributed by atoms with Crippen LogP contribution in [0.5, 0.6) is 0 Å². The van der Waals surface area contributed by atoms with Crippen LogP contribution in [0.3, 0.4) is 0 Å². The molecule has 0 aromatic heterocycles. The number of aliphatic imine (C=N–C) groups is 1. The monoisotopic (exact) mass is 225 g/mol. The molecule has 0 aromatic carbocycles. The Hall–Kier alpha value is -0.700. The topological polar surface area (TPSA) is 27.6 Å². The maximum atomic E-state index is 5.98. The van der Waals surface area contributed by atoms with Gasteiger partial charge in [-0.05, 0) is 25.8 Å². The molecule has 0 unspecified atom stereocenters. The van der Waals surface area contributed by atoms with Gasteiger partial charge in [-0.1, -0.05) is 24.4 Å². The van der Waals surface area contributed by atoms with Crippen LogP contribution in [-0.4, -0.2) is 29.0 Å². The van der Waals surface area contributed by atoms with Crippen molar-refractivity contribution in [3.63, 3.8) is 0 Å². The first kappa shape index (κ1) is 9.52. The van der Waals surface area contributed by atoms with E-state index < -0.39 is 0 Å². The van der Waals surface area contributed by atoms with Gasteiger partial charge in [0.05, 0.1) is 11.6 Å². The number of fused-ring (bicyclic) bond motifs is 1. The molecule has 1 saturated heterocycles. The quantitative estimate of drug-likeness (QED) is 0.639. The first-order valence-electron chi connectivity index (χ1n) is 5.69. The molecular weight excluding hydrogens is 210 g/mol. The Labute approximate surface area is 95.2 Å². The lowest BCUT2D eigenvalue weighted by Gasteiger charge is -2.27. The number of nitrogens with zero attached hydrogens (tertiary/aromatic N) is 2. The minimum atomic E-state index is 0.294. The minimum Gasteiger partial charge on any atom is -0.349 e. The molecule has 1 N–H and O–H groups in total. The van der Waals surface area contributed by atoms with Crippen molar-refractivity contribution in [3.05, 3.63) is 11.2 Å². The average molecular weight is 226 g/mol. The van der Waals surface area contributed by atoms with Gasteiger partial charge in [-0.25, -0.2) is 4.99 Å². The zero-order valence-corrected chi connectivity index (χ0v) is 9.72. The molecule has 2 aliphatic heterocycles. The molecule has 0 amide bonds. The fraction of sp³-hybridized carbons (Fsp3) is 0.727. The predicted molar refractivity (Wildman–Crippen MR) is 61.9 cm³/mol. The van der Waals surface area contributed by atoms with Gasteiger partial charge in [-0.2, -0.15) is 0 Å². The molecule has 0 bridgehead atoms. The molecule has 1 spiro atoms. The third-order valence-corrected chi connectivity index (χ3v) is 3.98. The summed E-state index contributed by atoms with van der Waals surface area (Å²) in [6, 6.07) is 0.373. The molecule has 2 heterocycles. The van der Waals surface area contributed by atoms with Crippen molar-refractivity contribution >= 4 is 17.6 Å². The van der Waals surface area contributed by atoms with Crippen molar-refractivity contribution in [1.82, 2.24) is 10.2 Å². The van der Waals surface area contributed by atoms with E-state index in [4.69, 9.17) is 11.6 Å². The van der Waals surface area contributed by atoms with Gasteiger partial charge in [0.15, 0.2) is 0 Å². The number of rotatable bonds is 0. The van der Waals surface area contributed by atoms with Crippen molar-refractivity contribution in [1.29, 1.82) is 0 Å². The van der Waals surface area contributed by atoms with Crippen LogP contribution >= 0.6 is 11.6 Å². The van der Waals surface area contributed by atoms with Gasteiger partial charge < -0.3 is 10.2 Å². The van der Waals surface area contributed by atoms with E-state index in [0.29, 0.717) is 16.7 Å². The van der Waals surface area contributed by atoms with Crippen molar-refractivity contribution in [2.24, 2.45) is 4.99 Å². The molecule has 4 heteroatoms. The summed E-state index contributed by atoms with van der Waals surface area (Å²) < 4.78 is 0. The Bertz CT molecular complexity index is 342. The van der Waals surface area contributed by atoms with E-state index in [1.54, 1.807) is 0 Å². The Morgan fingerprint density at radius 3 is 3.00 bits per heavy atom. The van der Waals surface area contributed by atoms with Gasteiger partial charge in [0, 0.05) is 6.54 Å². The van der Waals surface area contributed by atoms with E-state index in [2.05, 4.69) is 22.1 Å². The van der Waals surface area contributed by atoms with Crippen LogP contribution in [0.15, 0.2) is 16.2 Å². The summed E-state index contributed by atoms with van der Waals surface area (Å²) in [7, 11) is 0. The number of nitrogens with one attached hydrogen (secondary N) is 1. The Kier molecular flexibility index (Phi) is 2.00. The molecule has 1 atom stereocenters. The summed E-state index contributed by atoms with van der Waals surface area (Å²) in [5.74, 6) is 0.983. The average Bonchev–Trinajstić information content (AvgIpc) is 2.74. The van der Waals surface area contributed by atoms with Crippen molar-refractivity contribution in [2.45, 2.75) is 44.2 Å². The molecule has 1 aliphatic carbocycles. The summed E-state index contributed by atoms with van der Waals surface area (Å²) in [5, 5.41) is 4.20. The van der Waals surface area contributed by atoms with E-state index in [9.17, 15) is 0 Å². The van der Waals surface area contributed by atoms with E-state index in [-0.39, 0.29) is 0 Å². The van der Waals surface area contributed by atoms with E-state index >= 15 is 0 Å². The molecule has 3 aliphatic rings. The van der Waals surface area contributed by atoms with Gasteiger partial charge in [-0.3, -0.25) is 0 Å². The van der Waals surface area contributed by atoms with Crippen LogP contribution < -0.4 is 5.32 Å². The highest BCUT2D eigenvalue weighted by atomic mass is 35.5. The SMILES string of the molecule is C[C@@H]1C=C(Cl)N=C2NC3(CCCC3)CN21. The first-order valence-corrected chi connectivity index (χ1v) is 6.07. The van der Waals surface area contributed by atoms with Crippen molar-refractivity contribution < 1.29 is 0 Å². The third kappa shape index (κ3) is 1.44. The lowest BCUT2D eigenvalue weighted by Crippen LogP contribution is -2.40. The number of halogens is 1. The summed E-state index contributed by atoms with van der Waals surface area (Å²) in [6.07, 6.45) is 7.23. The number of hydrogen-bond donors (Lipinski definition) is 1. The lowest BCUT2D eigenvalue weighted by molar-refractivity contribution is 0.319. The van der Waals surface area contributed by atoms with Gasteiger partial charge in [0.25, 0.3) is 0 Å². The Morgan fingerprint density at radius 1 is 1.53 bits per heavy atom. The molecular formula is C11H16ClN3. The summed E-state index contributed by atoms with van der Waals surface area (Å²) in [4.78, 5) is 6.70. The third-order valence-electron chi connectivity index (χ3n) is 3.77. The van der Waals surface area contributed by atoms with E-state index in [1.807, 2.05) is 6.08 Å². The first-order chi connectivity index (χ1) is 7.19. The van der Waals surface area contributed by atoms with Crippen LogP contribution in [0.4, 0.5) is 0 Å². The highest BCUT2D eigenvalue weighted by molar-refractivity contribution is 6.30. The van der Waals surface area contributed by atoms with Gasteiger partial charge in [-0.15, -0.1) is 0 Å². The fourth-order valence-corrected chi connectivity index (χ4v) is 3.20. The van der Waals surface area contributed by atoms with Crippen LogP contribution in [0, 0.1) is 0 Å². The summed E-state index contributed by atoms with van der Waals surface area (Å²) in [5.41, 5.74) is 0.294. The highest BCUT2D eigenvalue weighted by Crippen LogP contribution is 2.36. The zero-order valence-electron chi connectivity index (χ0n) is 8.96. The molecule has 82 valence electrons. The standard InChI is InChI=1S/C11H16ClN3/c1-8-6-9(12)13-10-14-11(7-15(8)10)4-2-3-5-11/h6,8H,2-5,7H2,1H3,(H,13,14)/t8-/m1/s1. The smallest absolute Gasteiger partial charge is 0.201 e. The predicted octanol–water partition coefficient (Wildman–Crippen LogP) is 2.04. The molecule has 3 nitrogen and oxygen atoms in total. The highest BCUT2D eigenvalue weighted by Gasteiger charge is 2.44. The van der Waals surface area contributed by atoms with Crippen LogP contribution in [0.2, 0.25) is 0 Å². The van der Waals surface area contributed by atoms with Crippen molar-refractivity contribution in [2.75, 3.05) is 6.54 Å². The maximum absolute atomic E-state index is 5.98. The van der Waals surface area contributed by atoms with E-state index in [1.165, 1.54) is 25.7 Å². The zero-order chi connectivity index (χ0) is 10.5. The molecule has 0 radical (unpaired) electrons. The Morgan fingerprint density at radius 2 is 2.27 bits per heavy atom. The van der Waals surface area contributed by atoms with E-state index in [0.717, 1.165) is 12.5 Å². The van der Waals surface area contributed by atoms with Gasteiger partial charge >= 0.3 is 0 Å². The summed E-state index contributed by atoms with van der Waals surface area (Å²) in [6.45, 7) is 3.26. The molecule has 0 aromatic rings. The number of guanidine groups is 1. The summed E-state index contributed by atoms with van der Waals surface area (Å²) >= 11 is 5.98. The normalized spacial score (nSPS) is 32.4. The Balaban J connectivity index is 1.88. The van der Waals surface area contributed by atoms with Crippen molar-refractivity contribution in [3.8, 4) is 0 Å². The maximum Gasteiger partial charge on any atom is 0.201 e. The fourth-order valence-electron chi connectivity index (χ4n) is 2.94. The molecule has 2 fully saturated rings. The van der Waals surface area contributed by atoms with Gasteiger partial charge in [0.1, 0.15) is 5.16 Å². The second kappa shape index (κ2) is 3.14. The molecule has 15 heavy (non-hydrogen) atoms. The number of hydrogen-bond acceptors (Lipinski definition) is 3. The minimum absolute atomic E-state index is 0.294. The lowest BCUT2D eigenvalue weighted by atomic mass is 9.99. The second-order valence-electron chi connectivity index (χ2n) is 4.91. The second-order valence-corrected chi connectivity index (χ2v) is 5.29. The van der Waals surface area contributed by atoms with Gasteiger partial charge in [0.2, 0.25) is 5.96 Å². The molecule has 1 saturated carbocycles. The van der Waals surface area contributed by atoms with Crippen LogP contribution in [0.25, 0.3) is 0 Å². The largest absolute Gasteiger partial charge is 0.349 e. The van der Waals surface area contributed by atoms with Crippen LogP contribution in [0.1, 0.15) is 32.6 Å². The molecule has 3 rings (SSSR count).